The van der Waals surface area contributed by atoms with E-state index in [2.05, 4.69) is 9.72 Å². The second kappa shape index (κ2) is 7.33. The number of hydrogen-bond acceptors (Lipinski definition) is 6. The number of carbonyl (C=O) groups excluding carboxylic acids is 2. The summed E-state index contributed by atoms with van der Waals surface area (Å²) in [7, 11) is 1.29. The van der Waals surface area contributed by atoms with Crippen molar-refractivity contribution in [2.75, 3.05) is 7.11 Å². The molecule has 1 N–H and O–H groups in total. The van der Waals surface area contributed by atoms with Crippen molar-refractivity contribution in [2.45, 2.75) is 13.2 Å². The molecule has 6 nitrogen and oxygen atoms in total. The van der Waals surface area contributed by atoms with Crippen LogP contribution in [-0.4, -0.2) is 29.5 Å². The van der Waals surface area contributed by atoms with E-state index in [0.717, 1.165) is 5.56 Å². The van der Waals surface area contributed by atoms with Crippen LogP contribution in [0.3, 0.4) is 0 Å². The van der Waals surface area contributed by atoms with E-state index in [9.17, 15) is 9.59 Å². The normalized spacial score (nSPS) is 10.1. The Morgan fingerprint density at radius 2 is 2.05 bits per heavy atom. The van der Waals surface area contributed by atoms with E-state index in [1.165, 1.54) is 13.3 Å². The predicted octanol–water partition coefficient (Wildman–Crippen LogP) is 1.75. The average Bonchev–Trinajstić information content (AvgIpc) is 2.59. The van der Waals surface area contributed by atoms with E-state index in [-0.39, 0.29) is 18.9 Å². The van der Waals surface area contributed by atoms with Gasteiger partial charge in [-0.3, -0.25) is 4.79 Å². The Bertz CT molecular complexity index is 667. The average molecular weight is 301 g/mol. The minimum atomic E-state index is -0.504. The van der Waals surface area contributed by atoms with E-state index >= 15 is 0 Å². The second-order valence-corrected chi connectivity index (χ2v) is 4.48. The molecule has 0 saturated heterocycles. The van der Waals surface area contributed by atoms with Crippen molar-refractivity contribution in [3.05, 3.63) is 58.9 Å². The number of methoxy groups -OCH3 is 1. The molecule has 1 heterocycles. The Morgan fingerprint density at radius 1 is 1.27 bits per heavy atom. The van der Waals surface area contributed by atoms with E-state index in [1.807, 2.05) is 0 Å². The SMILES string of the molecule is COC(=O)c1ccc(COc2ccc(CO)cc2C=O)cn1. The zero-order chi connectivity index (χ0) is 15.9. The van der Waals surface area contributed by atoms with Gasteiger partial charge in [0, 0.05) is 11.8 Å². The Labute approximate surface area is 127 Å². The van der Waals surface area contributed by atoms with E-state index < -0.39 is 5.97 Å². The first kappa shape index (κ1) is 15.7. The van der Waals surface area contributed by atoms with Crippen LogP contribution in [0.15, 0.2) is 36.5 Å². The van der Waals surface area contributed by atoms with E-state index in [0.29, 0.717) is 23.2 Å². The number of pyridine rings is 1. The van der Waals surface area contributed by atoms with Crippen LogP contribution in [-0.2, 0) is 18.0 Å². The summed E-state index contributed by atoms with van der Waals surface area (Å²) >= 11 is 0. The molecule has 22 heavy (non-hydrogen) atoms. The Morgan fingerprint density at radius 3 is 2.64 bits per heavy atom. The summed E-state index contributed by atoms with van der Waals surface area (Å²) in [4.78, 5) is 26.3. The van der Waals surface area contributed by atoms with Crippen LogP contribution in [0.4, 0.5) is 0 Å². The Kier molecular flexibility index (Phi) is 5.21. The van der Waals surface area contributed by atoms with Crippen LogP contribution in [0.5, 0.6) is 5.75 Å². The summed E-state index contributed by atoms with van der Waals surface area (Å²) in [5.74, 6) is -0.0838. The highest BCUT2D eigenvalue weighted by atomic mass is 16.5. The van der Waals surface area contributed by atoms with E-state index in [4.69, 9.17) is 9.84 Å². The number of aromatic nitrogens is 1. The lowest BCUT2D eigenvalue weighted by Gasteiger charge is -2.09. The molecule has 1 aromatic carbocycles. The number of esters is 1. The molecule has 0 amide bonds. The molecule has 0 spiro atoms. The number of aliphatic hydroxyl groups is 1. The van der Waals surface area contributed by atoms with Crippen molar-refractivity contribution in [3.8, 4) is 5.75 Å². The highest BCUT2D eigenvalue weighted by Crippen LogP contribution is 2.20. The molecule has 0 radical (unpaired) electrons. The molecular formula is C16H15NO5. The van der Waals surface area contributed by atoms with Gasteiger partial charge in [-0.25, -0.2) is 9.78 Å². The molecule has 1 aromatic heterocycles. The maximum Gasteiger partial charge on any atom is 0.356 e. The van der Waals surface area contributed by atoms with Crippen molar-refractivity contribution >= 4 is 12.3 Å². The molecule has 0 aliphatic heterocycles. The molecule has 0 unspecified atom stereocenters. The van der Waals surface area contributed by atoms with Gasteiger partial charge in [-0.2, -0.15) is 0 Å². The van der Waals surface area contributed by atoms with Gasteiger partial charge in [-0.1, -0.05) is 12.1 Å². The fraction of sp³-hybridized carbons (Fsp3) is 0.188. The van der Waals surface area contributed by atoms with Gasteiger partial charge >= 0.3 is 5.97 Å². The third-order valence-electron chi connectivity index (χ3n) is 3.00. The zero-order valence-corrected chi connectivity index (χ0v) is 12.0. The summed E-state index contributed by atoms with van der Waals surface area (Å²) in [6.45, 7) is 0.0633. The molecule has 114 valence electrons. The third-order valence-corrected chi connectivity index (χ3v) is 3.00. The molecule has 0 aliphatic rings. The topological polar surface area (TPSA) is 85.7 Å². The standard InChI is InChI=1S/C16H15NO5/c1-21-16(20)14-4-2-12(7-17-14)10-22-15-5-3-11(8-18)6-13(15)9-19/h2-7,9,18H,8,10H2,1H3. The van der Waals surface area contributed by atoms with Crippen molar-refractivity contribution < 1.29 is 24.2 Å². The fourth-order valence-electron chi connectivity index (χ4n) is 1.82. The van der Waals surface area contributed by atoms with Gasteiger partial charge in [-0.15, -0.1) is 0 Å². The predicted molar refractivity (Wildman–Crippen MR) is 77.7 cm³/mol. The second-order valence-electron chi connectivity index (χ2n) is 4.48. The van der Waals surface area contributed by atoms with Crippen LogP contribution in [0.25, 0.3) is 0 Å². The van der Waals surface area contributed by atoms with Crippen molar-refractivity contribution in [1.82, 2.24) is 4.98 Å². The highest BCUT2D eigenvalue weighted by Gasteiger charge is 2.08. The van der Waals surface area contributed by atoms with Crippen LogP contribution in [0, 0.1) is 0 Å². The molecule has 0 saturated carbocycles. The molecule has 2 aromatic rings. The van der Waals surface area contributed by atoms with Gasteiger partial charge in [0.1, 0.15) is 18.1 Å². The van der Waals surface area contributed by atoms with Gasteiger partial charge in [0.15, 0.2) is 6.29 Å². The van der Waals surface area contributed by atoms with Crippen molar-refractivity contribution in [3.63, 3.8) is 0 Å². The summed E-state index contributed by atoms with van der Waals surface area (Å²) in [5.41, 5.74) is 1.96. The summed E-state index contributed by atoms with van der Waals surface area (Å²) < 4.78 is 10.1. The largest absolute Gasteiger partial charge is 0.488 e. The molecule has 0 aliphatic carbocycles. The van der Waals surface area contributed by atoms with Crippen LogP contribution >= 0.6 is 0 Å². The molecule has 6 heteroatoms. The summed E-state index contributed by atoms with van der Waals surface area (Å²) in [6.07, 6.45) is 2.18. The Hall–Kier alpha value is -2.73. The fourth-order valence-corrected chi connectivity index (χ4v) is 1.82. The quantitative estimate of drug-likeness (QED) is 0.646. The Balaban J connectivity index is 2.06. The third kappa shape index (κ3) is 3.67. The van der Waals surface area contributed by atoms with Gasteiger partial charge in [0.25, 0.3) is 0 Å². The maximum absolute atomic E-state index is 11.3. The van der Waals surface area contributed by atoms with Gasteiger partial charge in [0.2, 0.25) is 0 Å². The first-order valence-corrected chi connectivity index (χ1v) is 6.53. The van der Waals surface area contributed by atoms with Gasteiger partial charge in [-0.05, 0) is 23.8 Å². The minimum absolute atomic E-state index is 0.139. The monoisotopic (exact) mass is 301 g/mol. The first-order chi connectivity index (χ1) is 10.7. The number of carbonyl (C=O) groups is 2. The van der Waals surface area contributed by atoms with E-state index in [1.54, 1.807) is 30.3 Å². The summed E-state index contributed by atoms with van der Waals surface area (Å²) in [5, 5.41) is 9.04. The lowest BCUT2D eigenvalue weighted by Crippen LogP contribution is -2.05. The van der Waals surface area contributed by atoms with Crippen molar-refractivity contribution in [1.29, 1.82) is 0 Å². The minimum Gasteiger partial charge on any atom is -0.488 e. The number of nitrogens with zero attached hydrogens (tertiary/aromatic N) is 1. The number of aldehydes is 1. The smallest absolute Gasteiger partial charge is 0.356 e. The zero-order valence-electron chi connectivity index (χ0n) is 12.0. The highest BCUT2D eigenvalue weighted by molar-refractivity contribution is 5.87. The van der Waals surface area contributed by atoms with Crippen LogP contribution in [0.1, 0.15) is 32.0 Å². The number of ether oxygens (including phenoxy) is 2. The van der Waals surface area contributed by atoms with Gasteiger partial charge < -0.3 is 14.6 Å². The summed E-state index contributed by atoms with van der Waals surface area (Å²) in [6, 6.07) is 8.12. The lowest BCUT2D eigenvalue weighted by molar-refractivity contribution is 0.0594. The van der Waals surface area contributed by atoms with Crippen LogP contribution in [0.2, 0.25) is 0 Å². The van der Waals surface area contributed by atoms with Crippen molar-refractivity contribution in [2.24, 2.45) is 0 Å². The van der Waals surface area contributed by atoms with Gasteiger partial charge in [0.05, 0.1) is 19.3 Å². The number of benzene rings is 1. The first-order valence-electron chi connectivity index (χ1n) is 6.53. The maximum atomic E-state index is 11.3. The number of hydrogen-bond donors (Lipinski definition) is 1. The number of aliphatic hydroxyl groups excluding tert-OH is 1. The van der Waals surface area contributed by atoms with Crippen LogP contribution < -0.4 is 4.74 Å². The molecule has 2 rings (SSSR count). The number of rotatable bonds is 6. The molecule has 0 fully saturated rings. The molecular weight excluding hydrogens is 286 g/mol. The molecule has 0 bridgehead atoms. The lowest BCUT2D eigenvalue weighted by atomic mass is 10.1. The molecule has 0 atom stereocenters.